The van der Waals surface area contributed by atoms with Crippen molar-refractivity contribution in [1.29, 1.82) is 0 Å². The summed E-state index contributed by atoms with van der Waals surface area (Å²) in [5.41, 5.74) is 1.03. The molecule has 1 aromatic heterocycles. The molecule has 2 saturated carbocycles. The molecule has 2 aliphatic rings. The fourth-order valence-corrected chi connectivity index (χ4v) is 3.37. The molecule has 2 aliphatic carbocycles. The smallest absolute Gasteiger partial charge is 0.224 e. The van der Waals surface area contributed by atoms with E-state index >= 15 is 0 Å². The van der Waals surface area contributed by atoms with Crippen LogP contribution in [0.4, 0.5) is 0 Å². The Kier molecular flexibility index (Phi) is 3.58. The first-order valence-electron chi connectivity index (χ1n) is 7.54. The molecule has 2 fully saturated rings. The molecule has 3 atom stereocenters. The Morgan fingerprint density at radius 1 is 1.42 bits per heavy atom. The third-order valence-corrected chi connectivity index (χ3v) is 4.75. The van der Waals surface area contributed by atoms with Crippen molar-refractivity contribution in [3.05, 3.63) is 18.2 Å². The summed E-state index contributed by atoms with van der Waals surface area (Å²) in [6.07, 6.45) is 11.1. The number of rotatable bonds is 4. The van der Waals surface area contributed by atoms with Gasteiger partial charge in [0.15, 0.2) is 0 Å². The predicted molar refractivity (Wildman–Crippen MR) is 73.6 cm³/mol. The Hall–Kier alpha value is -1.32. The summed E-state index contributed by atoms with van der Waals surface area (Å²) in [5.74, 6) is 1.39. The monoisotopic (exact) mass is 261 g/mol. The van der Waals surface area contributed by atoms with Crippen LogP contribution in [-0.2, 0) is 4.79 Å². The molecule has 3 rings (SSSR count). The van der Waals surface area contributed by atoms with Crippen molar-refractivity contribution >= 4 is 5.91 Å². The molecule has 0 saturated heterocycles. The van der Waals surface area contributed by atoms with E-state index in [9.17, 15) is 4.79 Å². The minimum Gasteiger partial charge on any atom is -0.353 e. The number of aromatic nitrogens is 2. The van der Waals surface area contributed by atoms with Crippen LogP contribution in [-0.4, -0.2) is 21.9 Å². The van der Waals surface area contributed by atoms with Crippen molar-refractivity contribution in [2.75, 3.05) is 0 Å². The van der Waals surface area contributed by atoms with E-state index in [1.165, 1.54) is 32.1 Å². The molecule has 1 aromatic rings. The highest BCUT2D eigenvalue weighted by molar-refractivity contribution is 5.83. The molecular weight excluding hydrogens is 238 g/mol. The quantitative estimate of drug-likeness (QED) is 0.875. The van der Waals surface area contributed by atoms with Gasteiger partial charge in [-0.2, -0.15) is 0 Å². The van der Waals surface area contributed by atoms with Crippen LogP contribution >= 0.6 is 0 Å². The summed E-state index contributed by atoms with van der Waals surface area (Å²) in [5, 5.41) is 3.23. The standard InChI is InChI=1S/C15H23N3O/c1-10(11-5-3-2-4-6-11)18-15(19)13-7-12(13)14-8-16-9-17-14/h8-13H,2-7H2,1H3,(H,16,17)(H,18,19)/t10-,12-,13?/m1/s1. The van der Waals surface area contributed by atoms with Gasteiger partial charge in [-0.15, -0.1) is 0 Å². The average Bonchev–Trinajstić information content (AvgIpc) is 3.06. The van der Waals surface area contributed by atoms with Crippen LogP contribution in [0.25, 0.3) is 0 Å². The number of nitrogens with one attached hydrogen (secondary N) is 2. The van der Waals surface area contributed by atoms with Crippen molar-refractivity contribution < 1.29 is 4.79 Å². The second-order valence-electron chi connectivity index (χ2n) is 6.14. The van der Waals surface area contributed by atoms with Crippen molar-refractivity contribution in [1.82, 2.24) is 15.3 Å². The lowest BCUT2D eigenvalue weighted by atomic mass is 9.84. The van der Waals surface area contributed by atoms with E-state index in [2.05, 4.69) is 22.2 Å². The van der Waals surface area contributed by atoms with E-state index in [1.807, 2.05) is 6.20 Å². The molecule has 1 unspecified atom stereocenters. The van der Waals surface area contributed by atoms with Crippen LogP contribution in [0.15, 0.2) is 12.5 Å². The maximum Gasteiger partial charge on any atom is 0.224 e. The minimum absolute atomic E-state index is 0.148. The van der Waals surface area contributed by atoms with Gasteiger partial charge in [0.25, 0.3) is 0 Å². The Morgan fingerprint density at radius 3 is 2.89 bits per heavy atom. The molecular formula is C15H23N3O. The Morgan fingerprint density at radius 2 is 2.21 bits per heavy atom. The fourth-order valence-electron chi connectivity index (χ4n) is 3.37. The lowest BCUT2D eigenvalue weighted by Crippen LogP contribution is -2.39. The first-order chi connectivity index (χ1) is 9.25. The highest BCUT2D eigenvalue weighted by atomic mass is 16.2. The number of H-pyrrole nitrogens is 1. The van der Waals surface area contributed by atoms with Crippen molar-refractivity contribution in [2.45, 2.75) is 57.4 Å². The first kappa shape index (κ1) is 12.7. The van der Waals surface area contributed by atoms with Gasteiger partial charge in [-0.1, -0.05) is 19.3 Å². The number of nitrogens with zero attached hydrogens (tertiary/aromatic N) is 1. The second-order valence-corrected chi connectivity index (χ2v) is 6.14. The molecule has 0 radical (unpaired) electrons. The lowest BCUT2D eigenvalue weighted by molar-refractivity contribution is -0.123. The van der Waals surface area contributed by atoms with Crippen LogP contribution in [0.3, 0.4) is 0 Å². The highest BCUT2D eigenvalue weighted by Crippen LogP contribution is 2.46. The maximum atomic E-state index is 12.2. The number of amides is 1. The van der Waals surface area contributed by atoms with Gasteiger partial charge in [0.2, 0.25) is 5.91 Å². The molecule has 1 heterocycles. The van der Waals surface area contributed by atoms with E-state index in [0.717, 1.165) is 12.1 Å². The van der Waals surface area contributed by atoms with Crippen molar-refractivity contribution in [3.8, 4) is 0 Å². The van der Waals surface area contributed by atoms with Crippen molar-refractivity contribution in [2.24, 2.45) is 11.8 Å². The van der Waals surface area contributed by atoms with E-state index in [0.29, 0.717) is 17.9 Å². The van der Waals surface area contributed by atoms with E-state index in [-0.39, 0.29) is 11.8 Å². The van der Waals surface area contributed by atoms with Gasteiger partial charge in [0.05, 0.1) is 12.0 Å². The van der Waals surface area contributed by atoms with Gasteiger partial charge in [0, 0.05) is 24.1 Å². The van der Waals surface area contributed by atoms with Crippen LogP contribution in [0.2, 0.25) is 0 Å². The van der Waals surface area contributed by atoms with Gasteiger partial charge < -0.3 is 10.3 Å². The average molecular weight is 261 g/mol. The summed E-state index contributed by atoms with van der Waals surface area (Å²) < 4.78 is 0. The zero-order valence-electron chi connectivity index (χ0n) is 11.6. The molecule has 0 aliphatic heterocycles. The molecule has 2 N–H and O–H groups in total. The number of imidazole rings is 1. The zero-order chi connectivity index (χ0) is 13.2. The summed E-state index contributed by atoms with van der Waals surface area (Å²) >= 11 is 0. The van der Waals surface area contributed by atoms with Gasteiger partial charge in [-0.25, -0.2) is 4.98 Å². The topological polar surface area (TPSA) is 57.8 Å². The highest BCUT2D eigenvalue weighted by Gasteiger charge is 2.45. The Bertz CT molecular complexity index is 423. The molecule has 4 nitrogen and oxygen atoms in total. The second kappa shape index (κ2) is 5.35. The SMILES string of the molecule is C[C@@H](NC(=O)C1C[C@H]1c1c[nH]cn1)C1CCCCC1. The predicted octanol–water partition coefficient (Wildman–Crippen LogP) is 2.60. The lowest BCUT2D eigenvalue weighted by Gasteiger charge is -2.28. The number of aromatic amines is 1. The third-order valence-electron chi connectivity index (χ3n) is 4.75. The summed E-state index contributed by atoms with van der Waals surface area (Å²) in [6.45, 7) is 2.17. The molecule has 1 amide bonds. The summed E-state index contributed by atoms with van der Waals surface area (Å²) in [4.78, 5) is 19.4. The molecule has 0 bridgehead atoms. The maximum absolute atomic E-state index is 12.2. The van der Waals surface area contributed by atoms with E-state index in [1.54, 1.807) is 6.33 Å². The Balaban J connectivity index is 1.49. The zero-order valence-corrected chi connectivity index (χ0v) is 11.6. The summed E-state index contributed by atoms with van der Waals surface area (Å²) in [6, 6.07) is 0.327. The molecule has 104 valence electrons. The van der Waals surface area contributed by atoms with Crippen LogP contribution in [0, 0.1) is 11.8 Å². The van der Waals surface area contributed by atoms with E-state index in [4.69, 9.17) is 0 Å². The number of hydrogen-bond acceptors (Lipinski definition) is 2. The molecule has 4 heteroatoms. The molecule has 19 heavy (non-hydrogen) atoms. The van der Waals surface area contributed by atoms with Crippen LogP contribution < -0.4 is 5.32 Å². The van der Waals surface area contributed by atoms with E-state index < -0.39 is 0 Å². The Labute approximate surface area is 114 Å². The van der Waals surface area contributed by atoms with Gasteiger partial charge in [-0.3, -0.25) is 4.79 Å². The van der Waals surface area contributed by atoms with Gasteiger partial charge in [0.1, 0.15) is 0 Å². The van der Waals surface area contributed by atoms with Crippen molar-refractivity contribution in [3.63, 3.8) is 0 Å². The normalized spacial score (nSPS) is 28.9. The van der Waals surface area contributed by atoms with Crippen LogP contribution in [0.5, 0.6) is 0 Å². The number of hydrogen-bond donors (Lipinski definition) is 2. The molecule has 0 spiro atoms. The van der Waals surface area contributed by atoms with Gasteiger partial charge >= 0.3 is 0 Å². The third kappa shape index (κ3) is 2.82. The fraction of sp³-hybridized carbons (Fsp3) is 0.733. The van der Waals surface area contributed by atoms with Crippen LogP contribution in [0.1, 0.15) is 57.1 Å². The van der Waals surface area contributed by atoms with Gasteiger partial charge in [-0.05, 0) is 32.1 Å². The largest absolute Gasteiger partial charge is 0.353 e. The number of carbonyl (C=O) groups excluding carboxylic acids is 1. The number of carbonyl (C=O) groups is 1. The molecule has 0 aromatic carbocycles. The first-order valence-corrected chi connectivity index (χ1v) is 7.54. The summed E-state index contributed by atoms with van der Waals surface area (Å²) in [7, 11) is 0. The minimum atomic E-state index is 0.148.